The SMILES string of the molecule is CC(C)(C)ON(C=O)CCCn1nnnc1S. The molecule has 0 aliphatic carbocycles. The zero-order chi connectivity index (χ0) is 12.9. The third-order valence-electron chi connectivity index (χ3n) is 1.77. The first-order chi connectivity index (χ1) is 7.92. The molecular formula is C9H17N5O2S. The molecule has 0 aliphatic heterocycles. The predicted octanol–water partition coefficient (Wildman–Crippen LogP) is 0.540. The molecule has 17 heavy (non-hydrogen) atoms. The number of aromatic nitrogens is 4. The van der Waals surface area contributed by atoms with Crippen LogP contribution >= 0.6 is 12.6 Å². The van der Waals surface area contributed by atoms with Crippen LogP contribution in [0, 0.1) is 0 Å². The molecular weight excluding hydrogens is 242 g/mol. The number of nitrogens with zero attached hydrogens (tertiary/aromatic N) is 5. The number of amides is 1. The Morgan fingerprint density at radius 3 is 2.71 bits per heavy atom. The molecule has 1 rings (SSSR count). The average molecular weight is 259 g/mol. The van der Waals surface area contributed by atoms with E-state index in [0.29, 0.717) is 31.1 Å². The number of thiol groups is 1. The second-order valence-corrected chi connectivity index (χ2v) is 4.91. The van der Waals surface area contributed by atoms with Crippen LogP contribution in [0.3, 0.4) is 0 Å². The Bertz CT molecular complexity index is 363. The van der Waals surface area contributed by atoms with Crippen molar-refractivity contribution in [1.82, 2.24) is 25.3 Å². The van der Waals surface area contributed by atoms with E-state index >= 15 is 0 Å². The molecule has 0 fully saturated rings. The Kier molecular flexibility index (Phi) is 4.88. The molecule has 1 amide bonds. The fourth-order valence-corrected chi connectivity index (χ4v) is 1.37. The monoisotopic (exact) mass is 259 g/mol. The predicted molar refractivity (Wildman–Crippen MR) is 63.3 cm³/mol. The maximum atomic E-state index is 10.8. The molecule has 1 aromatic rings. The van der Waals surface area contributed by atoms with Gasteiger partial charge in [0.1, 0.15) is 0 Å². The van der Waals surface area contributed by atoms with Crippen LogP contribution in [0.4, 0.5) is 0 Å². The summed E-state index contributed by atoms with van der Waals surface area (Å²) in [5.74, 6) is 0. The molecule has 0 aliphatic rings. The van der Waals surface area contributed by atoms with E-state index < -0.39 is 0 Å². The van der Waals surface area contributed by atoms with Gasteiger partial charge in [0.05, 0.1) is 12.1 Å². The van der Waals surface area contributed by atoms with Gasteiger partial charge in [-0.05, 0) is 37.6 Å². The number of carbonyl (C=O) groups excluding carboxylic acids is 1. The molecule has 0 atom stereocenters. The number of carbonyl (C=O) groups is 1. The third kappa shape index (κ3) is 5.14. The maximum Gasteiger partial charge on any atom is 0.233 e. The first-order valence-electron chi connectivity index (χ1n) is 5.28. The standard InChI is InChI=1S/C9H17N5O2S/c1-9(2,3)16-13(7-15)5-4-6-14-8(17)10-11-12-14/h7H,4-6H2,1-3H3,(H,10,12,17). The molecule has 0 bridgehead atoms. The third-order valence-corrected chi connectivity index (χ3v) is 2.09. The molecule has 96 valence electrons. The molecule has 7 nitrogen and oxygen atoms in total. The summed E-state index contributed by atoms with van der Waals surface area (Å²) in [6, 6.07) is 0. The molecule has 0 N–H and O–H groups in total. The van der Waals surface area contributed by atoms with Crippen LogP contribution in [0.15, 0.2) is 5.16 Å². The Balaban J connectivity index is 2.34. The lowest BCUT2D eigenvalue weighted by Gasteiger charge is -2.26. The lowest BCUT2D eigenvalue weighted by atomic mass is 10.2. The molecule has 0 saturated carbocycles. The van der Waals surface area contributed by atoms with Crippen molar-refractivity contribution in [3.8, 4) is 0 Å². The highest BCUT2D eigenvalue weighted by Crippen LogP contribution is 2.09. The second-order valence-electron chi connectivity index (χ2n) is 4.51. The van der Waals surface area contributed by atoms with Crippen LogP contribution in [0.25, 0.3) is 0 Å². The van der Waals surface area contributed by atoms with Gasteiger partial charge in [-0.3, -0.25) is 9.63 Å². The lowest BCUT2D eigenvalue weighted by molar-refractivity contribution is -0.216. The first kappa shape index (κ1) is 13.9. The number of hydrogen-bond donors (Lipinski definition) is 1. The smallest absolute Gasteiger partial charge is 0.233 e. The van der Waals surface area contributed by atoms with Gasteiger partial charge in [0.25, 0.3) is 0 Å². The van der Waals surface area contributed by atoms with E-state index in [-0.39, 0.29) is 5.60 Å². The summed E-state index contributed by atoms with van der Waals surface area (Å²) in [6.07, 6.45) is 1.36. The van der Waals surface area contributed by atoms with Crippen LogP contribution < -0.4 is 0 Å². The Morgan fingerprint density at radius 1 is 1.53 bits per heavy atom. The van der Waals surface area contributed by atoms with Gasteiger partial charge in [0.15, 0.2) is 0 Å². The van der Waals surface area contributed by atoms with Gasteiger partial charge in [0.2, 0.25) is 11.6 Å². The molecule has 1 heterocycles. The molecule has 8 heteroatoms. The summed E-state index contributed by atoms with van der Waals surface area (Å²) in [6.45, 7) is 6.72. The highest BCUT2D eigenvalue weighted by Gasteiger charge is 2.15. The van der Waals surface area contributed by atoms with Gasteiger partial charge in [-0.25, -0.2) is 9.75 Å². The van der Waals surface area contributed by atoms with Crippen molar-refractivity contribution < 1.29 is 9.63 Å². The van der Waals surface area contributed by atoms with Gasteiger partial charge < -0.3 is 0 Å². The number of hydroxylamine groups is 2. The second kappa shape index (κ2) is 5.97. The fourth-order valence-electron chi connectivity index (χ4n) is 1.19. The summed E-state index contributed by atoms with van der Waals surface area (Å²) < 4.78 is 1.56. The van der Waals surface area contributed by atoms with E-state index in [0.717, 1.165) is 0 Å². The van der Waals surface area contributed by atoms with Crippen molar-refractivity contribution >= 4 is 19.0 Å². The van der Waals surface area contributed by atoms with Crippen molar-refractivity contribution in [3.63, 3.8) is 0 Å². The van der Waals surface area contributed by atoms with Crippen LogP contribution in [-0.2, 0) is 16.2 Å². The topological polar surface area (TPSA) is 73.1 Å². The minimum atomic E-state index is -0.384. The van der Waals surface area contributed by atoms with E-state index in [4.69, 9.17) is 4.84 Å². The van der Waals surface area contributed by atoms with Gasteiger partial charge >= 0.3 is 0 Å². The first-order valence-corrected chi connectivity index (χ1v) is 5.73. The molecule has 0 aromatic carbocycles. The fraction of sp³-hybridized carbons (Fsp3) is 0.778. The minimum absolute atomic E-state index is 0.384. The average Bonchev–Trinajstić information content (AvgIpc) is 2.61. The lowest BCUT2D eigenvalue weighted by Crippen LogP contribution is -2.34. The largest absolute Gasteiger partial charge is 0.276 e. The van der Waals surface area contributed by atoms with Crippen molar-refractivity contribution in [1.29, 1.82) is 0 Å². The number of hydrogen-bond acceptors (Lipinski definition) is 6. The highest BCUT2D eigenvalue weighted by molar-refractivity contribution is 7.80. The van der Waals surface area contributed by atoms with E-state index in [2.05, 4.69) is 28.2 Å². The van der Waals surface area contributed by atoms with E-state index in [9.17, 15) is 4.79 Å². The van der Waals surface area contributed by atoms with E-state index in [1.54, 1.807) is 4.68 Å². The van der Waals surface area contributed by atoms with Gasteiger partial charge in [0, 0.05) is 6.54 Å². The van der Waals surface area contributed by atoms with Crippen molar-refractivity contribution in [2.24, 2.45) is 0 Å². The molecule has 0 saturated heterocycles. The quantitative estimate of drug-likeness (QED) is 0.458. The number of tetrazole rings is 1. The minimum Gasteiger partial charge on any atom is -0.276 e. The van der Waals surface area contributed by atoms with Crippen LogP contribution in [-0.4, -0.2) is 43.8 Å². The maximum absolute atomic E-state index is 10.8. The zero-order valence-corrected chi connectivity index (χ0v) is 11.1. The number of rotatable bonds is 6. The van der Waals surface area contributed by atoms with Gasteiger partial charge in [-0.15, -0.1) is 17.7 Å². The molecule has 0 unspecified atom stereocenters. The van der Waals surface area contributed by atoms with Gasteiger partial charge in [-0.2, -0.15) is 0 Å². The van der Waals surface area contributed by atoms with E-state index in [1.165, 1.54) is 5.06 Å². The normalized spacial score (nSPS) is 11.5. The summed E-state index contributed by atoms with van der Waals surface area (Å²) in [5.41, 5.74) is -0.384. The Morgan fingerprint density at radius 2 is 2.24 bits per heavy atom. The van der Waals surface area contributed by atoms with Crippen LogP contribution in [0.1, 0.15) is 27.2 Å². The summed E-state index contributed by atoms with van der Waals surface area (Å²) in [5, 5.41) is 12.6. The van der Waals surface area contributed by atoms with Crippen molar-refractivity contribution in [2.75, 3.05) is 6.54 Å². The summed E-state index contributed by atoms with van der Waals surface area (Å²) in [4.78, 5) is 16.2. The summed E-state index contributed by atoms with van der Waals surface area (Å²) >= 11 is 4.08. The van der Waals surface area contributed by atoms with E-state index in [1.807, 2.05) is 20.8 Å². The van der Waals surface area contributed by atoms with Crippen LogP contribution in [0.2, 0.25) is 0 Å². The van der Waals surface area contributed by atoms with Crippen molar-refractivity contribution in [2.45, 2.75) is 44.5 Å². The Labute approximate surface area is 105 Å². The molecule has 0 radical (unpaired) electrons. The van der Waals surface area contributed by atoms with Crippen molar-refractivity contribution in [3.05, 3.63) is 0 Å². The summed E-state index contributed by atoms with van der Waals surface area (Å²) in [7, 11) is 0. The molecule has 1 aromatic heterocycles. The van der Waals surface area contributed by atoms with Crippen LogP contribution in [0.5, 0.6) is 0 Å². The molecule has 0 spiro atoms. The number of aryl methyl sites for hydroxylation is 1. The Hall–Kier alpha value is -1.15. The van der Waals surface area contributed by atoms with Gasteiger partial charge in [-0.1, -0.05) is 0 Å². The highest BCUT2D eigenvalue weighted by atomic mass is 32.1. The zero-order valence-electron chi connectivity index (χ0n) is 10.2.